The van der Waals surface area contributed by atoms with Crippen LogP contribution in [0.4, 0.5) is 5.82 Å². The number of hydrogen-bond acceptors (Lipinski definition) is 3. The van der Waals surface area contributed by atoms with Crippen molar-refractivity contribution in [1.82, 2.24) is 4.98 Å². The number of aryl methyl sites for hydroxylation is 1. The van der Waals surface area contributed by atoms with E-state index >= 15 is 0 Å². The van der Waals surface area contributed by atoms with Gasteiger partial charge in [-0.1, -0.05) is 25.1 Å². The van der Waals surface area contributed by atoms with E-state index in [9.17, 15) is 0 Å². The minimum Gasteiger partial charge on any atom is -0.363 e. The standard InChI is InChI=1S/C15H21N3/c1-4-15(3,10-16)18-14-11(2)9-12-7-5-6-8-13(12)17-14/h5-9H,4,10,16H2,1-3H3,(H,17,18). The molecule has 0 spiro atoms. The Morgan fingerprint density at radius 2 is 2.06 bits per heavy atom. The number of rotatable bonds is 4. The van der Waals surface area contributed by atoms with Crippen LogP contribution in [0.5, 0.6) is 0 Å². The fourth-order valence-electron chi connectivity index (χ4n) is 1.92. The van der Waals surface area contributed by atoms with Crippen LogP contribution in [0.3, 0.4) is 0 Å². The van der Waals surface area contributed by atoms with Crippen LogP contribution in [0.1, 0.15) is 25.8 Å². The molecular weight excluding hydrogens is 222 g/mol. The maximum atomic E-state index is 5.84. The third kappa shape index (κ3) is 2.46. The SMILES string of the molecule is CCC(C)(CN)Nc1nc2ccccc2cc1C. The normalized spacial score (nSPS) is 14.4. The molecule has 0 aliphatic heterocycles. The topological polar surface area (TPSA) is 50.9 Å². The van der Waals surface area contributed by atoms with Crippen molar-refractivity contribution in [2.45, 2.75) is 32.7 Å². The number of nitrogens with two attached hydrogens (primary N) is 1. The molecule has 1 aromatic heterocycles. The second-order valence-corrected chi connectivity index (χ2v) is 5.09. The van der Waals surface area contributed by atoms with Crippen molar-refractivity contribution < 1.29 is 0 Å². The van der Waals surface area contributed by atoms with Crippen molar-refractivity contribution in [3.63, 3.8) is 0 Å². The molecule has 1 aromatic carbocycles. The number of benzene rings is 1. The Kier molecular flexibility index (Phi) is 3.53. The van der Waals surface area contributed by atoms with Gasteiger partial charge in [-0.05, 0) is 38.0 Å². The van der Waals surface area contributed by atoms with Crippen LogP contribution in [0.25, 0.3) is 10.9 Å². The third-order valence-corrected chi connectivity index (χ3v) is 3.57. The van der Waals surface area contributed by atoms with E-state index in [0.29, 0.717) is 6.54 Å². The summed E-state index contributed by atoms with van der Waals surface area (Å²) in [4.78, 5) is 4.69. The molecule has 0 aliphatic carbocycles. The van der Waals surface area contributed by atoms with E-state index in [0.717, 1.165) is 23.3 Å². The fraction of sp³-hybridized carbons (Fsp3) is 0.400. The van der Waals surface area contributed by atoms with Gasteiger partial charge < -0.3 is 11.1 Å². The highest BCUT2D eigenvalue weighted by molar-refractivity contribution is 5.81. The number of nitrogens with zero attached hydrogens (tertiary/aromatic N) is 1. The van der Waals surface area contributed by atoms with Crippen LogP contribution in [0.15, 0.2) is 30.3 Å². The molecule has 0 fully saturated rings. The Labute approximate surface area is 108 Å². The molecule has 18 heavy (non-hydrogen) atoms. The van der Waals surface area contributed by atoms with Crippen LogP contribution < -0.4 is 11.1 Å². The molecular formula is C15H21N3. The number of para-hydroxylation sites is 1. The van der Waals surface area contributed by atoms with Crippen molar-refractivity contribution in [3.8, 4) is 0 Å². The monoisotopic (exact) mass is 243 g/mol. The number of pyridine rings is 1. The molecule has 0 bridgehead atoms. The van der Waals surface area contributed by atoms with Crippen LogP contribution in [-0.2, 0) is 0 Å². The molecule has 1 unspecified atom stereocenters. The summed E-state index contributed by atoms with van der Waals surface area (Å²) in [6, 6.07) is 10.3. The first-order valence-electron chi connectivity index (χ1n) is 6.42. The van der Waals surface area contributed by atoms with Gasteiger partial charge in [-0.2, -0.15) is 0 Å². The van der Waals surface area contributed by atoms with Crippen LogP contribution in [-0.4, -0.2) is 17.1 Å². The average molecular weight is 243 g/mol. The lowest BCUT2D eigenvalue weighted by Gasteiger charge is -2.29. The molecule has 1 atom stereocenters. The molecule has 0 saturated carbocycles. The molecule has 2 aromatic rings. The largest absolute Gasteiger partial charge is 0.363 e. The van der Waals surface area contributed by atoms with Gasteiger partial charge in [0.1, 0.15) is 5.82 Å². The Bertz CT molecular complexity index is 544. The second-order valence-electron chi connectivity index (χ2n) is 5.09. The van der Waals surface area contributed by atoms with E-state index in [4.69, 9.17) is 5.73 Å². The van der Waals surface area contributed by atoms with Crippen molar-refractivity contribution >= 4 is 16.7 Å². The van der Waals surface area contributed by atoms with Crippen molar-refractivity contribution in [2.24, 2.45) is 5.73 Å². The minimum absolute atomic E-state index is 0.0970. The Hall–Kier alpha value is -1.61. The summed E-state index contributed by atoms with van der Waals surface area (Å²) in [5, 5.41) is 4.65. The Morgan fingerprint density at radius 3 is 2.72 bits per heavy atom. The fourth-order valence-corrected chi connectivity index (χ4v) is 1.92. The Morgan fingerprint density at radius 1 is 1.33 bits per heavy atom. The van der Waals surface area contributed by atoms with Gasteiger partial charge in [-0.25, -0.2) is 4.98 Å². The smallest absolute Gasteiger partial charge is 0.130 e. The molecule has 96 valence electrons. The van der Waals surface area contributed by atoms with Crippen LogP contribution >= 0.6 is 0 Å². The molecule has 0 amide bonds. The summed E-state index contributed by atoms with van der Waals surface area (Å²) in [6.07, 6.45) is 0.970. The Balaban J connectivity index is 2.42. The molecule has 3 heteroatoms. The lowest BCUT2D eigenvalue weighted by Crippen LogP contribution is -2.42. The predicted molar refractivity (Wildman–Crippen MR) is 77.9 cm³/mol. The highest BCUT2D eigenvalue weighted by Gasteiger charge is 2.20. The van der Waals surface area contributed by atoms with E-state index in [1.807, 2.05) is 18.2 Å². The van der Waals surface area contributed by atoms with E-state index in [2.05, 4.69) is 43.2 Å². The maximum Gasteiger partial charge on any atom is 0.130 e. The summed E-state index contributed by atoms with van der Waals surface area (Å²) in [5.74, 6) is 0.934. The first-order chi connectivity index (χ1) is 8.58. The van der Waals surface area contributed by atoms with Gasteiger partial charge in [0.25, 0.3) is 0 Å². The zero-order chi connectivity index (χ0) is 13.2. The van der Waals surface area contributed by atoms with E-state index in [1.54, 1.807) is 0 Å². The van der Waals surface area contributed by atoms with Gasteiger partial charge in [0.2, 0.25) is 0 Å². The summed E-state index contributed by atoms with van der Waals surface area (Å²) in [6.45, 7) is 6.94. The van der Waals surface area contributed by atoms with Crippen molar-refractivity contribution in [3.05, 3.63) is 35.9 Å². The van der Waals surface area contributed by atoms with Gasteiger partial charge in [0.05, 0.1) is 5.52 Å². The van der Waals surface area contributed by atoms with E-state index in [1.165, 1.54) is 5.39 Å². The van der Waals surface area contributed by atoms with Crippen LogP contribution in [0.2, 0.25) is 0 Å². The number of hydrogen-bond donors (Lipinski definition) is 2. The minimum atomic E-state index is -0.0970. The molecule has 2 rings (SSSR count). The molecule has 3 N–H and O–H groups in total. The van der Waals surface area contributed by atoms with E-state index in [-0.39, 0.29) is 5.54 Å². The first-order valence-corrected chi connectivity index (χ1v) is 6.42. The van der Waals surface area contributed by atoms with Gasteiger partial charge in [-0.15, -0.1) is 0 Å². The van der Waals surface area contributed by atoms with Crippen molar-refractivity contribution in [1.29, 1.82) is 0 Å². The zero-order valence-electron chi connectivity index (χ0n) is 11.3. The maximum absolute atomic E-state index is 5.84. The molecule has 0 radical (unpaired) electrons. The number of fused-ring (bicyclic) bond motifs is 1. The third-order valence-electron chi connectivity index (χ3n) is 3.57. The summed E-state index contributed by atoms with van der Waals surface area (Å²) in [7, 11) is 0. The highest BCUT2D eigenvalue weighted by Crippen LogP contribution is 2.23. The summed E-state index contributed by atoms with van der Waals surface area (Å²) in [5.41, 5.74) is 7.91. The first kappa shape index (κ1) is 12.8. The highest BCUT2D eigenvalue weighted by atomic mass is 15.1. The van der Waals surface area contributed by atoms with Gasteiger partial charge in [-0.3, -0.25) is 0 Å². The molecule has 1 heterocycles. The van der Waals surface area contributed by atoms with Gasteiger partial charge in [0.15, 0.2) is 0 Å². The molecule has 0 aliphatic rings. The zero-order valence-corrected chi connectivity index (χ0v) is 11.3. The van der Waals surface area contributed by atoms with Crippen molar-refractivity contribution in [2.75, 3.05) is 11.9 Å². The quantitative estimate of drug-likeness (QED) is 0.867. The number of aromatic nitrogens is 1. The second kappa shape index (κ2) is 4.94. The van der Waals surface area contributed by atoms with Gasteiger partial charge >= 0.3 is 0 Å². The lowest BCUT2D eigenvalue weighted by atomic mass is 9.99. The lowest BCUT2D eigenvalue weighted by molar-refractivity contribution is 0.504. The number of anilines is 1. The number of nitrogens with one attached hydrogen (secondary N) is 1. The molecule has 3 nitrogen and oxygen atoms in total. The van der Waals surface area contributed by atoms with Gasteiger partial charge in [0, 0.05) is 17.5 Å². The predicted octanol–water partition coefficient (Wildman–Crippen LogP) is 3.08. The average Bonchev–Trinajstić information content (AvgIpc) is 2.39. The summed E-state index contributed by atoms with van der Waals surface area (Å²) < 4.78 is 0. The van der Waals surface area contributed by atoms with Crippen LogP contribution in [0, 0.1) is 6.92 Å². The van der Waals surface area contributed by atoms with E-state index < -0.39 is 0 Å². The molecule has 0 saturated heterocycles. The summed E-state index contributed by atoms with van der Waals surface area (Å²) >= 11 is 0.